The molecule has 0 aliphatic carbocycles. The Morgan fingerprint density at radius 3 is 2.83 bits per heavy atom. The van der Waals surface area contributed by atoms with Crippen LogP contribution in [0.2, 0.25) is 0 Å². The van der Waals surface area contributed by atoms with E-state index in [4.69, 9.17) is 4.74 Å². The summed E-state index contributed by atoms with van der Waals surface area (Å²) in [5.41, 5.74) is 2.91. The van der Waals surface area contributed by atoms with Gasteiger partial charge in [0, 0.05) is 25.8 Å². The largest absolute Gasteiger partial charge is 0.378 e. The number of amides is 1. The first-order chi connectivity index (χ1) is 8.61. The van der Waals surface area contributed by atoms with Crippen LogP contribution in [0.5, 0.6) is 0 Å². The van der Waals surface area contributed by atoms with E-state index in [0.29, 0.717) is 0 Å². The molecule has 1 aliphatic heterocycles. The highest BCUT2D eigenvalue weighted by atomic mass is 16.5. The Kier molecular flexibility index (Phi) is 3.99. The highest BCUT2D eigenvalue weighted by molar-refractivity contribution is 5.95. The predicted molar refractivity (Wildman–Crippen MR) is 70.8 cm³/mol. The molecule has 1 aliphatic rings. The quantitative estimate of drug-likeness (QED) is 0.839. The number of aryl methyl sites for hydroxylation is 2. The van der Waals surface area contributed by atoms with E-state index < -0.39 is 0 Å². The van der Waals surface area contributed by atoms with Crippen molar-refractivity contribution < 1.29 is 9.53 Å². The summed E-state index contributed by atoms with van der Waals surface area (Å²) < 4.78 is 5.33. The zero-order chi connectivity index (χ0) is 13.1. The van der Waals surface area contributed by atoms with Crippen LogP contribution in [-0.4, -0.2) is 38.3 Å². The minimum Gasteiger partial charge on any atom is -0.378 e. The van der Waals surface area contributed by atoms with Crippen LogP contribution in [0.25, 0.3) is 0 Å². The molecule has 0 saturated carbocycles. The van der Waals surface area contributed by atoms with E-state index in [-0.39, 0.29) is 18.1 Å². The second-order valence-corrected chi connectivity index (χ2v) is 4.83. The summed E-state index contributed by atoms with van der Waals surface area (Å²) in [6.45, 7) is 5.53. The van der Waals surface area contributed by atoms with Gasteiger partial charge in [0.25, 0.3) is 5.91 Å². The Labute approximate surface area is 108 Å². The van der Waals surface area contributed by atoms with Crippen molar-refractivity contribution in [2.24, 2.45) is 0 Å². The first-order valence-corrected chi connectivity index (χ1v) is 6.23. The summed E-state index contributed by atoms with van der Waals surface area (Å²) >= 11 is 0. The highest BCUT2D eigenvalue weighted by Crippen LogP contribution is 2.12. The third-order valence-electron chi connectivity index (χ3n) is 3.40. The second-order valence-electron chi connectivity index (χ2n) is 4.83. The smallest absolute Gasteiger partial charge is 0.251 e. The van der Waals surface area contributed by atoms with Gasteiger partial charge in [0.05, 0.1) is 12.1 Å². The van der Waals surface area contributed by atoms with Gasteiger partial charge in [-0.2, -0.15) is 0 Å². The molecule has 0 radical (unpaired) electrons. The molecule has 0 aromatic heterocycles. The fourth-order valence-corrected chi connectivity index (χ4v) is 2.36. The van der Waals surface area contributed by atoms with E-state index in [9.17, 15) is 4.79 Å². The number of nitrogens with one attached hydrogen (secondary N) is 2. The van der Waals surface area contributed by atoms with Crippen molar-refractivity contribution in [2.75, 3.05) is 20.2 Å². The van der Waals surface area contributed by atoms with Crippen LogP contribution < -0.4 is 10.6 Å². The van der Waals surface area contributed by atoms with Gasteiger partial charge in [-0.3, -0.25) is 4.79 Å². The van der Waals surface area contributed by atoms with Crippen molar-refractivity contribution in [2.45, 2.75) is 26.0 Å². The third kappa shape index (κ3) is 2.71. The third-order valence-corrected chi connectivity index (χ3v) is 3.40. The van der Waals surface area contributed by atoms with E-state index in [1.54, 1.807) is 7.11 Å². The second kappa shape index (κ2) is 5.50. The maximum Gasteiger partial charge on any atom is 0.251 e. The van der Waals surface area contributed by atoms with Crippen molar-refractivity contribution in [3.8, 4) is 0 Å². The Bertz CT molecular complexity index is 445. The maximum atomic E-state index is 12.2. The maximum absolute atomic E-state index is 12.2. The van der Waals surface area contributed by atoms with Crippen molar-refractivity contribution >= 4 is 5.91 Å². The molecule has 2 rings (SSSR count). The van der Waals surface area contributed by atoms with Crippen LogP contribution in [-0.2, 0) is 4.74 Å². The predicted octanol–water partition coefficient (Wildman–Crippen LogP) is 1.02. The normalized spacial score (nSPS) is 23.1. The molecule has 2 N–H and O–H groups in total. The van der Waals surface area contributed by atoms with Gasteiger partial charge in [-0.05, 0) is 25.5 Å². The SMILES string of the molecule is CO[C@H]1CNCC1NC(=O)c1ccc(C)cc1C. The molecule has 2 atom stereocenters. The van der Waals surface area contributed by atoms with E-state index in [2.05, 4.69) is 10.6 Å². The Morgan fingerprint density at radius 2 is 2.17 bits per heavy atom. The van der Waals surface area contributed by atoms with Crippen LogP contribution in [0.15, 0.2) is 18.2 Å². The van der Waals surface area contributed by atoms with Crippen molar-refractivity contribution in [3.05, 3.63) is 34.9 Å². The number of hydrogen-bond acceptors (Lipinski definition) is 3. The summed E-state index contributed by atoms with van der Waals surface area (Å²) in [5, 5.41) is 6.24. The molecule has 1 fully saturated rings. The van der Waals surface area contributed by atoms with Crippen LogP contribution in [0.4, 0.5) is 0 Å². The van der Waals surface area contributed by atoms with Gasteiger partial charge in [0.2, 0.25) is 0 Å². The summed E-state index contributed by atoms with van der Waals surface area (Å²) in [6.07, 6.45) is 0.0553. The first kappa shape index (κ1) is 13.1. The molecule has 0 bridgehead atoms. The van der Waals surface area contributed by atoms with E-state index in [0.717, 1.165) is 24.2 Å². The van der Waals surface area contributed by atoms with E-state index >= 15 is 0 Å². The van der Waals surface area contributed by atoms with Crippen LogP contribution >= 0.6 is 0 Å². The van der Waals surface area contributed by atoms with Crippen LogP contribution in [0.3, 0.4) is 0 Å². The van der Waals surface area contributed by atoms with Gasteiger partial charge < -0.3 is 15.4 Å². The zero-order valence-electron chi connectivity index (χ0n) is 11.1. The van der Waals surface area contributed by atoms with Crippen molar-refractivity contribution in [3.63, 3.8) is 0 Å². The van der Waals surface area contributed by atoms with Crippen LogP contribution in [0, 0.1) is 13.8 Å². The molecule has 1 saturated heterocycles. The zero-order valence-corrected chi connectivity index (χ0v) is 11.1. The lowest BCUT2D eigenvalue weighted by Crippen LogP contribution is -2.43. The lowest BCUT2D eigenvalue weighted by molar-refractivity contribution is 0.0779. The number of hydrogen-bond donors (Lipinski definition) is 2. The van der Waals surface area contributed by atoms with Gasteiger partial charge in [-0.25, -0.2) is 0 Å². The lowest BCUT2D eigenvalue weighted by Gasteiger charge is -2.19. The summed E-state index contributed by atoms with van der Waals surface area (Å²) in [7, 11) is 1.67. The number of carbonyl (C=O) groups is 1. The van der Waals surface area contributed by atoms with E-state index in [1.165, 1.54) is 5.56 Å². The van der Waals surface area contributed by atoms with Gasteiger partial charge in [-0.15, -0.1) is 0 Å². The lowest BCUT2D eigenvalue weighted by atomic mass is 10.0. The molecule has 1 aromatic carbocycles. The minimum absolute atomic E-state index is 0.0248. The molecule has 1 amide bonds. The average molecular weight is 248 g/mol. The van der Waals surface area contributed by atoms with Gasteiger partial charge >= 0.3 is 0 Å². The first-order valence-electron chi connectivity index (χ1n) is 6.23. The minimum atomic E-state index is -0.0248. The fraction of sp³-hybridized carbons (Fsp3) is 0.500. The topological polar surface area (TPSA) is 50.4 Å². The van der Waals surface area contributed by atoms with Crippen LogP contribution in [0.1, 0.15) is 21.5 Å². The highest BCUT2D eigenvalue weighted by Gasteiger charge is 2.28. The monoisotopic (exact) mass is 248 g/mol. The van der Waals surface area contributed by atoms with Crippen molar-refractivity contribution in [1.82, 2.24) is 10.6 Å². The number of benzene rings is 1. The number of methoxy groups -OCH3 is 1. The molecule has 1 heterocycles. The molecular formula is C14H20N2O2. The number of ether oxygens (including phenoxy) is 1. The Balaban J connectivity index is 2.07. The molecule has 1 unspecified atom stereocenters. The number of rotatable bonds is 3. The fourth-order valence-electron chi connectivity index (χ4n) is 2.36. The Hall–Kier alpha value is -1.39. The molecule has 18 heavy (non-hydrogen) atoms. The Morgan fingerprint density at radius 1 is 1.39 bits per heavy atom. The number of carbonyl (C=O) groups excluding carboxylic acids is 1. The molecule has 1 aromatic rings. The van der Waals surface area contributed by atoms with Crippen molar-refractivity contribution in [1.29, 1.82) is 0 Å². The summed E-state index contributed by atoms with van der Waals surface area (Å²) in [4.78, 5) is 12.2. The average Bonchev–Trinajstić information content (AvgIpc) is 2.76. The summed E-state index contributed by atoms with van der Waals surface area (Å²) in [5.74, 6) is -0.0248. The summed E-state index contributed by atoms with van der Waals surface area (Å²) in [6, 6.07) is 5.91. The molecule has 0 spiro atoms. The molecule has 4 heteroatoms. The van der Waals surface area contributed by atoms with Gasteiger partial charge in [0.15, 0.2) is 0 Å². The molecule has 98 valence electrons. The molecular weight excluding hydrogens is 228 g/mol. The van der Waals surface area contributed by atoms with E-state index in [1.807, 2.05) is 32.0 Å². The van der Waals surface area contributed by atoms with Gasteiger partial charge in [0.1, 0.15) is 0 Å². The molecule has 4 nitrogen and oxygen atoms in total. The standard InChI is InChI=1S/C14H20N2O2/c1-9-4-5-11(10(2)6-9)14(17)16-12-7-15-8-13(12)18-3/h4-6,12-13,15H,7-8H2,1-3H3,(H,16,17)/t12?,13-/m0/s1. The van der Waals surface area contributed by atoms with Gasteiger partial charge in [-0.1, -0.05) is 17.7 Å².